The molecule has 0 heterocycles. The average molecular weight is 414 g/mol. The number of carbonyl (C=O) groups is 2. The summed E-state index contributed by atoms with van der Waals surface area (Å²) in [6.45, 7) is -0.744. The summed E-state index contributed by atoms with van der Waals surface area (Å²) in [5.41, 5.74) is -0.260. The number of sulfonamides is 1. The predicted molar refractivity (Wildman–Crippen MR) is 93.7 cm³/mol. The summed E-state index contributed by atoms with van der Waals surface area (Å²) in [7, 11) is -1.63. The zero-order chi connectivity index (χ0) is 20.9. The first kappa shape index (κ1) is 21.4. The largest absolute Gasteiger partial charge is 0.452 e. The third-order valence-corrected chi connectivity index (χ3v) is 5.12. The number of hydrogen-bond acceptors (Lipinski definition) is 6. The highest BCUT2D eigenvalue weighted by Gasteiger charge is 2.22. The number of benzene rings is 2. The van der Waals surface area contributed by atoms with E-state index in [1.54, 1.807) is 0 Å². The zero-order valence-electron chi connectivity index (χ0n) is 14.8. The van der Waals surface area contributed by atoms with Crippen LogP contribution >= 0.6 is 0 Å². The van der Waals surface area contributed by atoms with E-state index in [0.29, 0.717) is 10.5 Å². The van der Waals surface area contributed by atoms with Gasteiger partial charge in [0.15, 0.2) is 6.61 Å². The van der Waals surface area contributed by atoms with Gasteiger partial charge in [-0.2, -0.15) is 0 Å². The van der Waals surface area contributed by atoms with Gasteiger partial charge in [-0.15, -0.1) is 0 Å². The molecule has 2 rings (SSSR count). The third kappa shape index (κ3) is 5.31. The van der Waals surface area contributed by atoms with E-state index in [4.69, 9.17) is 4.74 Å². The van der Waals surface area contributed by atoms with Gasteiger partial charge in [-0.05, 0) is 30.3 Å². The average Bonchev–Trinajstić information content (AvgIpc) is 2.64. The molecule has 0 radical (unpaired) electrons. The first-order valence-corrected chi connectivity index (χ1v) is 9.13. The molecular weight excluding hydrogens is 398 g/mol. The maximum Gasteiger partial charge on any atom is 0.338 e. The fourth-order valence-electron chi connectivity index (χ4n) is 2.07. The van der Waals surface area contributed by atoms with Crippen LogP contribution < -0.4 is 5.32 Å². The van der Waals surface area contributed by atoms with E-state index < -0.39 is 40.1 Å². The second kappa shape index (κ2) is 8.87. The predicted octanol–water partition coefficient (Wildman–Crippen LogP) is 1.94. The molecule has 0 aromatic heterocycles. The lowest BCUT2D eigenvalue weighted by Gasteiger charge is -2.14. The van der Waals surface area contributed by atoms with Gasteiger partial charge in [0.25, 0.3) is 15.9 Å². The second-order valence-corrected chi connectivity index (χ2v) is 7.34. The van der Waals surface area contributed by atoms with E-state index in [1.165, 1.54) is 32.4 Å². The first-order valence-electron chi connectivity index (χ1n) is 7.69. The van der Waals surface area contributed by atoms with Gasteiger partial charge < -0.3 is 10.1 Å². The highest BCUT2D eigenvalue weighted by Crippen LogP contribution is 2.17. The maximum absolute atomic E-state index is 13.1. The molecule has 2 aromatic rings. The number of anilines is 1. The van der Waals surface area contributed by atoms with Crippen molar-refractivity contribution in [1.29, 1.82) is 0 Å². The molecule has 0 saturated heterocycles. The number of halogens is 2. The number of nitrogens with zero attached hydrogens (tertiary/aromatic N) is 1. The summed E-state index contributed by atoms with van der Waals surface area (Å²) in [4.78, 5) is 28.3. The Balaban J connectivity index is 2.03. The quantitative estimate of drug-likeness (QED) is 0.549. The second-order valence-electron chi connectivity index (χ2n) is 5.41. The van der Waals surface area contributed by atoms with E-state index in [0.717, 1.165) is 18.2 Å². The molecule has 28 heavy (non-hydrogen) atoms. The highest BCUT2D eigenvalue weighted by atomic mass is 32.2. The van der Waals surface area contributed by atoms with Crippen molar-refractivity contribution in [1.82, 2.24) is 4.47 Å². The molecule has 0 fully saturated rings. The molecule has 11 heteroatoms. The van der Waals surface area contributed by atoms with Gasteiger partial charge in [-0.1, -0.05) is 10.5 Å². The van der Waals surface area contributed by atoms with Crippen LogP contribution in [0.4, 0.5) is 14.5 Å². The monoisotopic (exact) mass is 414 g/mol. The van der Waals surface area contributed by atoms with Gasteiger partial charge >= 0.3 is 5.97 Å². The summed E-state index contributed by atoms with van der Waals surface area (Å²) in [5, 5.41) is 2.17. The van der Waals surface area contributed by atoms with Crippen molar-refractivity contribution >= 4 is 27.6 Å². The molecule has 2 aromatic carbocycles. The lowest BCUT2D eigenvalue weighted by Crippen LogP contribution is -2.26. The Morgan fingerprint density at radius 2 is 1.75 bits per heavy atom. The summed E-state index contributed by atoms with van der Waals surface area (Å²) < 4.78 is 56.0. The van der Waals surface area contributed by atoms with Crippen LogP contribution in [0.2, 0.25) is 0 Å². The molecule has 0 aliphatic carbocycles. The molecule has 0 spiro atoms. The highest BCUT2D eigenvalue weighted by molar-refractivity contribution is 7.89. The summed E-state index contributed by atoms with van der Waals surface area (Å²) in [6, 6.07) is 7.36. The molecular formula is C17H16F2N2O6S. The number of hydroxylamine groups is 1. The molecule has 0 aliphatic heterocycles. The molecule has 8 nitrogen and oxygen atoms in total. The standard InChI is InChI=1S/C17H16F2N2O6S/c1-21(26-2)28(24,25)15-5-3-4-11(6-15)17(23)27-10-16(22)20-14-8-12(18)7-13(19)9-14/h3-9H,10H2,1-2H3,(H,20,22). The van der Waals surface area contributed by atoms with Gasteiger partial charge in [-0.25, -0.2) is 22.0 Å². The lowest BCUT2D eigenvalue weighted by molar-refractivity contribution is -0.119. The van der Waals surface area contributed by atoms with Crippen LogP contribution in [-0.4, -0.2) is 45.5 Å². The van der Waals surface area contributed by atoms with Crippen molar-refractivity contribution in [2.24, 2.45) is 0 Å². The van der Waals surface area contributed by atoms with Crippen LogP contribution in [0, 0.1) is 11.6 Å². The molecule has 0 bridgehead atoms. The maximum atomic E-state index is 13.1. The number of rotatable bonds is 7. The van der Waals surface area contributed by atoms with Crippen LogP contribution in [-0.2, 0) is 24.4 Å². The summed E-state index contributed by atoms with van der Waals surface area (Å²) in [5.74, 6) is -3.56. The van der Waals surface area contributed by atoms with E-state index in [2.05, 4.69) is 10.2 Å². The number of amides is 1. The topological polar surface area (TPSA) is 102 Å². The minimum absolute atomic E-state index is 0.116. The van der Waals surface area contributed by atoms with Crippen LogP contribution in [0.25, 0.3) is 0 Å². The van der Waals surface area contributed by atoms with Gasteiger partial charge in [0.2, 0.25) is 0 Å². The zero-order valence-corrected chi connectivity index (χ0v) is 15.6. The Hall–Kier alpha value is -2.89. The van der Waals surface area contributed by atoms with Crippen LogP contribution in [0.15, 0.2) is 47.4 Å². The van der Waals surface area contributed by atoms with Crippen molar-refractivity contribution < 1.29 is 36.4 Å². The van der Waals surface area contributed by atoms with Crippen molar-refractivity contribution in [3.8, 4) is 0 Å². The fourth-order valence-corrected chi connectivity index (χ4v) is 3.09. The van der Waals surface area contributed by atoms with Crippen LogP contribution in [0.1, 0.15) is 10.4 Å². The van der Waals surface area contributed by atoms with Gasteiger partial charge in [0.1, 0.15) is 11.6 Å². The fraction of sp³-hybridized carbons (Fsp3) is 0.176. The molecule has 0 unspecified atom stereocenters. The van der Waals surface area contributed by atoms with E-state index >= 15 is 0 Å². The van der Waals surface area contributed by atoms with Crippen molar-refractivity contribution in [3.63, 3.8) is 0 Å². The lowest BCUT2D eigenvalue weighted by atomic mass is 10.2. The Morgan fingerprint density at radius 1 is 1.11 bits per heavy atom. The van der Waals surface area contributed by atoms with Gasteiger partial charge in [-0.3, -0.25) is 9.63 Å². The Bertz CT molecular complexity index is 977. The van der Waals surface area contributed by atoms with E-state index in [-0.39, 0.29) is 16.1 Å². The van der Waals surface area contributed by atoms with Crippen molar-refractivity contribution in [2.45, 2.75) is 4.90 Å². The Kier molecular flexibility index (Phi) is 6.78. The minimum Gasteiger partial charge on any atom is -0.452 e. The number of hydrogen-bond donors (Lipinski definition) is 1. The summed E-state index contributed by atoms with van der Waals surface area (Å²) in [6.07, 6.45) is 0. The number of nitrogens with one attached hydrogen (secondary N) is 1. The molecule has 0 atom stereocenters. The summed E-state index contributed by atoms with van der Waals surface area (Å²) >= 11 is 0. The normalized spacial score (nSPS) is 11.3. The van der Waals surface area contributed by atoms with Crippen LogP contribution in [0.3, 0.4) is 0 Å². The Labute approximate surface area is 159 Å². The number of esters is 1. The number of carbonyl (C=O) groups excluding carboxylic acids is 2. The molecule has 1 N–H and O–H groups in total. The molecule has 0 aliphatic rings. The van der Waals surface area contributed by atoms with Crippen molar-refractivity contribution in [2.75, 3.05) is 26.1 Å². The third-order valence-electron chi connectivity index (χ3n) is 3.44. The Morgan fingerprint density at radius 3 is 2.36 bits per heavy atom. The van der Waals surface area contributed by atoms with Crippen molar-refractivity contribution in [3.05, 3.63) is 59.7 Å². The number of ether oxygens (including phenoxy) is 1. The van der Waals surface area contributed by atoms with Gasteiger partial charge in [0, 0.05) is 18.8 Å². The van der Waals surface area contributed by atoms with E-state index in [1.807, 2.05) is 0 Å². The first-order chi connectivity index (χ1) is 13.1. The van der Waals surface area contributed by atoms with E-state index in [9.17, 15) is 26.8 Å². The molecule has 0 saturated carbocycles. The SMILES string of the molecule is CON(C)S(=O)(=O)c1cccc(C(=O)OCC(=O)Nc2cc(F)cc(F)c2)c1. The molecule has 150 valence electrons. The smallest absolute Gasteiger partial charge is 0.338 e. The minimum atomic E-state index is -3.97. The van der Waals surface area contributed by atoms with Gasteiger partial charge in [0.05, 0.1) is 17.6 Å². The van der Waals surface area contributed by atoms with Crippen LogP contribution in [0.5, 0.6) is 0 Å². The molecule has 1 amide bonds.